The van der Waals surface area contributed by atoms with Crippen molar-refractivity contribution >= 4 is 29.8 Å². The molecule has 3 heterocycles. The van der Waals surface area contributed by atoms with Gasteiger partial charge in [-0.2, -0.15) is 8.78 Å². The highest BCUT2D eigenvalue weighted by Crippen LogP contribution is 2.54. The topological polar surface area (TPSA) is 60.5 Å². The second-order valence-corrected chi connectivity index (χ2v) is 7.76. The Morgan fingerprint density at radius 1 is 1.28 bits per heavy atom. The Morgan fingerprint density at radius 2 is 2.12 bits per heavy atom. The van der Waals surface area contributed by atoms with Crippen molar-refractivity contribution in [2.24, 2.45) is 10.7 Å². The van der Waals surface area contributed by atoms with Crippen LogP contribution in [0.25, 0.3) is 11.3 Å². The van der Waals surface area contributed by atoms with Gasteiger partial charge in [-0.3, -0.25) is 4.98 Å². The molecule has 2 N–H and O–H groups in total. The molecule has 0 radical (unpaired) electrons. The van der Waals surface area contributed by atoms with Gasteiger partial charge in [0.15, 0.2) is 18.5 Å². The predicted molar refractivity (Wildman–Crippen MR) is 94.2 cm³/mol. The molecule has 4 rings (SSSR count). The van der Waals surface area contributed by atoms with Crippen molar-refractivity contribution in [3.63, 3.8) is 0 Å². The summed E-state index contributed by atoms with van der Waals surface area (Å²) in [7, 11) is 0. The SMILES string of the molecule is N[C@H]1CC2(N=COCC2(F)F)c2cc(-c3ccc(Cl)cn3)ccc2S1. The molecule has 4 nitrogen and oxygen atoms in total. The van der Waals surface area contributed by atoms with Gasteiger partial charge in [-0.05, 0) is 24.3 Å². The van der Waals surface area contributed by atoms with Crippen LogP contribution in [0.1, 0.15) is 12.0 Å². The van der Waals surface area contributed by atoms with E-state index in [0.29, 0.717) is 21.2 Å². The van der Waals surface area contributed by atoms with E-state index in [1.54, 1.807) is 24.3 Å². The molecule has 1 aromatic carbocycles. The first-order chi connectivity index (χ1) is 11.9. The van der Waals surface area contributed by atoms with Crippen LogP contribution >= 0.6 is 23.4 Å². The van der Waals surface area contributed by atoms with E-state index in [1.807, 2.05) is 6.07 Å². The maximum Gasteiger partial charge on any atom is 0.310 e. The van der Waals surface area contributed by atoms with Gasteiger partial charge in [0.2, 0.25) is 0 Å². The summed E-state index contributed by atoms with van der Waals surface area (Å²) in [6.07, 6.45) is 2.67. The number of nitrogens with zero attached hydrogens (tertiary/aromatic N) is 2. The lowest BCUT2D eigenvalue weighted by Crippen LogP contribution is -2.53. The minimum atomic E-state index is -3.15. The van der Waals surface area contributed by atoms with E-state index in [0.717, 1.165) is 12.0 Å². The number of rotatable bonds is 1. The van der Waals surface area contributed by atoms with E-state index in [1.165, 1.54) is 18.0 Å². The van der Waals surface area contributed by atoms with Crippen molar-refractivity contribution in [2.75, 3.05) is 6.61 Å². The minimum absolute atomic E-state index is 0.0367. The summed E-state index contributed by atoms with van der Waals surface area (Å²) < 4.78 is 34.5. The predicted octanol–water partition coefficient (Wildman–Crippen LogP) is 4.07. The third-order valence-electron chi connectivity index (χ3n) is 4.44. The van der Waals surface area contributed by atoms with Crippen molar-refractivity contribution in [1.82, 2.24) is 4.98 Å². The molecule has 2 aromatic rings. The summed E-state index contributed by atoms with van der Waals surface area (Å²) in [5.74, 6) is -3.15. The van der Waals surface area contributed by atoms with Gasteiger partial charge in [0.1, 0.15) is 0 Å². The standard InChI is InChI=1S/C17H14ClF2N3OS/c18-11-2-3-13(22-7-11)10-1-4-14-12(5-10)16(6-15(21)25-14)17(19,20)8-24-9-23-16/h1-5,7,9,15H,6,8,21H2/t15-,16?/m1/s1. The number of ether oxygens (including phenoxy) is 1. The fourth-order valence-electron chi connectivity index (χ4n) is 3.22. The van der Waals surface area contributed by atoms with Gasteiger partial charge in [0.05, 0.1) is 16.1 Å². The average Bonchev–Trinajstić information content (AvgIpc) is 2.58. The first kappa shape index (κ1) is 16.8. The van der Waals surface area contributed by atoms with Crippen LogP contribution in [-0.4, -0.2) is 29.3 Å². The molecule has 0 fully saturated rings. The number of hydrogen-bond donors (Lipinski definition) is 1. The lowest BCUT2D eigenvalue weighted by atomic mass is 9.79. The summed E-state index contributed by atoms with van der Waals surface area (Å²) >= 11 is 7.25. The van der Waals surface area contributed by atoms with Crippen molar-refractivity contribution < 1.29 is 13.5 Å². The molecular formula is C17H14ClF2N3OS. The number of fused-ring (bicyclic) bond motifs is 2. The van der Waals surface area contributed by atoms with Crippen molar-refractivity contribution in [1.29, 1.82) is 0 Å². The summed E-state index contributed by atoms with van der Waals surface area (Å²) in [5, 5.41) is 0.0494. The number of hydrogen-bond acceptors (Lipinski definition) is 5. The number of halogens is 3. The molecule has 2 aliphatic heterocycles. The van der Waals surface area contributed by atoms with Crippen molar-refractivity contribution in [3.8, 4) is 11.3 Å². The molecule has 0 saturated heterocycles. The number of pyridine rings is 1. The fraction of sp³-hybridized carbons (Fsp3) is 0.294. The lowest BCUT2D eigenvalue weighted by Gasteiger charge is -2.44. The van der Waals surface area contributed by atoms with E-state index < -0.39 is 23.4 Å². The van der Waals surface area contributed by atoms with E-state index in [4.69, 9.17) is 22.1 Å². The van der Waals surface area contributed by atoms with Crippen LogP contribution in [0.2, 0.25) is 5.02 Å². The third-order valence-corrected chi connectivity index (χ3v) is 5.74. The van der Waals surface area contributed by atoms with Crippen LogP contribution in [0.5, 0.6) is 0 Å². The number of aliphatic imine (C=N–C) groups is 1. The van der Waals surface area contributed by atoms with Crippen molar-refractivity contribution in [3.05, 3.63) is 47.1 Å². The Kier molecular flexibility index (Phi) is 3.97. The van der Waals surface area contributed by atoms with Gasteiger partial charge in [-0.15, -0.1) is 11.8 Å². The number of benzene rings is 1. The zero-order valence-corrected chi connectivity index (χ0v) is 14.5. The van der Waals surface area contributed by atoms with Crippen LogP contribution in [0.3, 0.4) is 0 Å². The first-order valence-corrected chi connectivity index (χ1v) is 8.89. The average molecular weight is 382 g/mol. The molecule has 0 aliphatic carbocycles. The van der Waals surface area contributed by atoms with E-state index in [9.17, 15) is 8.78 Å². The molecule has 1 aromatic heterocycles. The number of aromatic nitrogens is 1. The van der Waals surface area contributed by atoms with Gasteiger partial charge in [-0.1, -0.05) is 17.7 Å². The normalized spacial score (nSPS) is 27.0. The molecule has 2 atom stereocenters. The maximum atomic E-state index is 14.8. The molecule has 130 valence electrons. The molecule has 0 bridgehead atoms. The molecule has 1 spiro atoms. The zero-order valence-electron chi connectivity index (χ0n) is 13.0. The first-order valence-electron chi connectivity index (χ1n) is 7.63. The van der Waals surface area contributed by atoms with E-state index in [-0.39, 0.29) is 6.42 Å². The van der Waals surface area contributed by atoms with Crippen molar-refractivity contribution in [2.45, 2.75) is 28.2 Å². The Bertz CT molecular complexity index is 846. The molecule has 2 aliphatic rings. The summed E-state index contributed by atoms with van der Waals surface area (Å²) in [4.78, 5) is 9.05. The quantitative estimate of drug-likeness (QED) is 0.808. The number of thioether (sulfide) groups is 1. The van der Waals surface area contributed by atoms with Crippen LogP contribution in [0, 0.1) is 0 Å². The van der Waals surface area contributed by atoms with Crippen LogP contribution in [-0.2, 0) is 10.3 Å². The highest BCUT2D eigenvalue weighted by molar-refractivity contribution is 8.00. The summed E-state index contributed by atoms with van der Waals surface area (Å²) in [6, 6.07) is 8.83. The van der Waals surface area contributed by atoms with Gasteiger partial charge >= 0.3 is 5.92 Å². The smallest absolute Gasteiger partial charge is 0.310 e. The maximum absolute atomic E-state index is 14.8. The molecule has 8 heteroatoms. The molecular weight excluding hydrogens is 368 g/mol. The van der Waals surface area contributed by atoms with Gasteiger partial charge in [-0.25, -0.2) is 4.99 Å². The third kappa shape index (κ3) is 2.70. The highest BCUT2D eigenvalue weighted by atomic mass is 35.5. The Hall–Kier alpha value is -1.70. The Labute approximate surface area is 152 Å². The highest BCUT2D eigenvalue weighted by Gasteiger charge is 2.60. The van der Waals surface area contributed by atoms with E-state index in [2.05, 4.69) is 9.98 Å². The Balaban J connectivity index is 1.89. The molecule has 1 unspecified atom stereocenters. The summed E-state index contributed by atoms with van der Waals surface area (Å²) in [5.41, 5.74) is 6.15. The number of nitrogens with two attached hydrogens (primary N) is 1. The lowest BCUT2D eigenvalue weighted by molar-refractivity contribution is -0.123. The van der Waals surface area contributed by atoms with Gasteiger partial charge < -0.3 is 10.5 Å². The largest absolute Gasteiger partial charge is 0.477 e. The van der Waals surface area contributed by atoms with Gasteiger partial charge in [0.25, 0.3) is 0 Å². The fourth-order valence-corrected chi connectivity index (χ4v) is 4.48. The van der Waals surface area contributed by atoms with Crippen LogP contribution in [0.4, 0.5) is 8.78 Å². The van der Waals surface area contributed by atoms with E-state index >= 15 is 0 Å². The monoisotopic (exact) mass is 381 g/mol. The Morgan fingerprint density at radius 3 is 2.84 bits per heavy atom. The minimum Gasteiger partial charge on any atom is -0.477 e. The molecule has 25 heavy (non-hydrogen) atoms. The zero-order chi connectivity index (χ0) is 17.7. The van der Waals surface area contributed by atoms with Crippen LogP contribution in [0.15, 0.2) is 46.4 Å². The van der Waals surface area contributed by atoms with Gasteiger partial charge in [0, 0.05) is 28.6 Å². The second-order valence-electron chi connectivity index (χ2n) is 6.04. The molecule has 0 saturated carbocycles. The second kappa shape index (κ2) is 5.93. The number of alkyl halides is 2. The summed E-state index contributed by atoms with van der Waals surface area (Å²) in [6.45, 7) is -0.712. The molecule has 0 amide bonds. The van der Waals surface area contributed by atoms with Crippen LogP contribution < -0.4 is 5.73 Å².